The third-order valence-corrected chi connectivity index (χ3v) is 12.8. The normalized spacial score (nSPS) is 9.68. The zero-order valence-corrected chi connectivity index (χ0v) is 56.9. The van der Waals surface area contributed by atoms with Gasteiger partial charge in [-0.25, -0.2) is 9.97 Å². The van der Waals surface area contributed by atoms with Gasteiger partial charge in [-0.2, -0.15) is 0 Å². The molecule has 11 nitrogen and oxygen atoms in total. The Labute approximate surface area is 583 Å². The van der Waals surface area contributed by atoms with Crippen molar-refractivity contribution in [1.82, 2.24) is 54.8 Å². The van der Waals surface area contributed by atoms with E-state index in [1.165, 1.54) is 0 Å². The Bertz CT molecular complexity index is 3690. The van der Waals surface area contributed by atoms with Crippen molar-refractivity contribution in [1.29, 1.82) is 0 Å². The molecular weight excluding hydrogens is 1680 g/mol. The summed E-state index contributed by atoms with van der Waals surface area (Å²) in [6.07, 6.45) is 21.1. The fraction of sp³-hybridized carbons (Fsp3) is 0. The number of nitrogens with zero attached hydrogens (tertiary/aromatic N) is 11. The first kappa shape index (κ1) is 69.9. The Kier molecular flexibility index (Phi) is 29.8. The van der Waals surface area contributed by atoms with E-state index in [9.17, 15) is 0 Å². The Morgan fingerprint density at radius 3 is 0.785 bits per heavy atom. The second-order valence-electron chi connectivity index (χ2n) is 19.0. The molecule has 0 atom stereocenters. The molecule has 15 rings (SSSR count). The van der Waals surface area contributed by atoms with Crippen LogP contribution in [0.3, 0.4) is 0 Å². The van der Waals surface area contributed by atoms with Crippen molar-refractivity contribution in [3.05, 3.63) is 372 Å². The Morgan fingerprint density at radius 2 is 0.473 bits per heavy atom. The van der Waals surface area contributed by atoms with Crippen molar-refractivity contribution in [2.24, 2.45) is 0 Å². The van der Waals surface area contributed by atoms with Crippen LogP contribution in [0.15, 0.2) is 335 Å². The maximum atomic E-state index is 4.38. The molecule has 3 radical (unpaired) electrons. The van der Waals surface area contributed by atoms with Crippen molar-refractivity contribution in [3.63, 3.8) is 0 Å². The first-order valence-electron chi connectivity index (χ1n) is 28.6. The van der Waals surface area contributed by atoms with Gasteiger partial charge < -0.3 is 29.9 Å². The van der Waals surface area contributed by atoms with Crippen LogP contribution in [0.2, 0.25) is 0 Å². The standard InChI is InChI=1S/C16H11N2.2C15H10N3.3C11H8N.3Ir/c1-2-6-13(7-3-1)16-12-14(9-11-18-16)15-8-4-5-10-17-15;1-2-5-12(6-3-1)14-11-13(7-10-16-14)15-17-8-4-9-18-15;1-2-4-12(5-3-1)14-10-13(6-7-17-14)15-11-16-8-9-18-15;3*1-2-6-10(7-3-1)11-8-4-5-9-12-11;;;/h1-6,8-12H;1-5,7-11H;1-4,6-11H;3*1-6,8-9H;;;/q6*-1;;;. The maximum Gasteiger partial charge on any atom is 0.158 e. The molecule has 93 heavy (non-hydrogen) atoms. The van der Waals surface area contributed by atoms with E-state index in [0.717, 1.165) is 95.6 Å². The summed E-state index contributed by atoms with van der Waals surface area (Å²) in [5.41, 5.74) is 16.5. The SMILES string of the molecule is [Ir].[Ir].[Ir].[c-]1ccccc1-c1cc(-c2ccccn2)ccn1.[c-]1ccccc1-c1cc(-c2cnccn2)ccn1.[c-]1ccccc1-c1cc(-c2ncccn2)ccn1.[c-]1ccccc1-c1ccccn1.[c-]1ccccc1-c1ccccn1.[c-]1ccccc1-c1ccccn1. The fourth-order valence-corrected chi connectivity index (χ4v) is 8.50. The summed E-state index contributed by atoms with van der Waals surface area (Å²) >= 11 is 0. The summed E-state index contributed by atoms with van der Waals surface area (Å²) in [6, 6.07) is 103. The molecule has 0 N–H and O–H groups in total. The van der Waals surface area contributed by atoms with Gasteiger partial charge in [0.15, 0.2) is 5.82 Å². The van der Waals surface area contributed by atoms with Gasteiger partial charge in [0.1, 0.15) is 0 Å². The molecule has 0 aliphatic heterocycles. The van der Waals surface area contributed by atoms with Gasteiger partial charge in [-0.05, 0) is 99.9 Å². The van der Waals surface area contributed by atoms with Gasteiger partial charge in [0.25, 0.3) is 0 Å². The topological polar surface area (TPSA) is 142 Å². The van der Waals surface area contributed by atoms with Crippen LogP contribution in [-0.4, -0.2) is 54.8 Å². The van der Waals surface area contributed by atoms with Crippen LogP contribution in [0.25, 0.3) is 101 Å². The van der Waals surface area contributed by atoms with E-state index >= 15 is 0 Å². The molecule has 0 amide bonds. The number of hydrogen-bond donors (Lipinski definition) is 0. The number of hydrogen-bond acceptors (Lipinski definition) is 11. The molecule has 0 saturated carbocycles. The van der Waals surface area contributed by atoms with E-state index in [1.54, 1.807) is 80.4 Å². The summed E-state index contributed by atoms with van der Waals surface area (Å²) in [6.45, 7) is 0. The molecule has 0 spiro atoms. The van der Waals surface area contributed by atoms with Crippen molar-refractivity contribution in [2.45, 2.75) is 0 Å². The van der Waals surface area contributed by atoms with Crippen molar-refractivity contribution in [2.75, 3.05) is 0 Å². The van der Waals surface area contributed by atoms with E-state index < -0.39 is 0 Å². The molecule has 0 bridgehead atoms. The zero-order valence-electron chi connectivity index (χ0n) is 49.7. The molecule has 9 aromatic heterocycles. The first-order chi connectivity index (χ1) is 44.7. The molecule has 459 valence electrons. The van der Waals surface area contributed by atoms with Gasteiger partial charge in [-0.3, -0.25) is 15.0 Å². The molecular formula is C79H55Ir3N11-6. The molecule has 9 heterocycles. The summed E-state index contributed by atoms with van der Waals surface area (Å²) in [7, 11) is 0. The first-order valence-corrected chi connectivity index (χ1v) is 28.6. The Morgan fingerprint density at radius 1 is 0.194 bits per heavy atom. The van der Waals surface area contributed by atoms with Gasteiger partial charge in [-0.1, -0.05) is 60.7 Å². The number of pyridine rings is 7. The van der Waals surface area contributed by atoms with Crippen molar-refractivity contribution < 1.29 is 60.3 Å². The minimum absolute atomic E-state index is 0. The molecule has 0 fully saturated rings. The molecule has 0 saturated heterocycles. The molecule has 6 aromatic carbocycles. The molecule has 0 aliphatic carbocycles. The monoisotopic (exact) mass is 1740 g/mol. The quantitative estimate of drug-likeness (QED) is 0.127. The molecule has 14 heteroatoms. The molecule has 15 aromatic rings. The van der Waals surface area contributed by atoms with Crippen LogP contribution in [-0.2, 0) is 60.3 Å². The predicted octanol–water partition coefficient (Wildman–Crippen LogP) is 17.3. The van der Waals surface area contributed by atoms with Crippen molar-refractivity contribution >= 4 is 0 Å². The van der Waals surface area contributed by atoms with E-state index in [-0.39, 0.29) is 60.3 Å². The maximum absolute atomic E-state index is 4.38. The minimum Gasteiger partial charge on any atom is -0.305 e. The number of aromatic nitrogens is 11. The third-order valence-electron chi connectivity index (χ3n) is 12.8. The van der Waals surface area contributed by atoms with E-state index in [2.05, 4.69) is 91.2 Å². The van der Waals surface area contributed by atoms with Gasteiger partial charge >= 0.3 is 0 Å². The summed E-state index contributed by atoms with van der Waals surface area (Å²) in [5.74, 6) is 0.706. The number of rotatable bonds is 9. The smallest absolute Gasteiger partial charge is 0.158 e. The average molecular weight is 1740 g/mol. The summed E-state index contributed by atoms with van der Waals surface area (Å²) < 4.78 is 0. The van der Waals surface area contributed by atoms with Crippen molar-refractivity contribution in [3.8, 4) is 101 Å². The second kappa shape index (κ2) is 39.6. The Hall–Kier alpha value is -10.5. The fourth-order valence-electron chi connectivity index (χ4n) is 8.50. The van der Waals surface area contributed by atoms with Crippen LogP contribution >= 0.6 is 0 Å². The third kappa shape index (κ3) is 22.4. The van der Waals surface area contributed by atoms with E-state index in [0.29, 0.717) is 5.82 Å². The predicted molar refractivity (Wildman–Crippen MR) is 356 cm³/mol. The molecule has 0 aliphatic rings. The van der Waals surface area contributed by atoms with Crippen LogP contribution in [0.4, 0.5) is 0 Å². The van der Waals surface area contributed by atoms with Gasteiger partial charge in [0, 0.05) is 134 Å². The van der Waals surface area contributed by atoms with Gasteiger partial charge in [0.2, 0.25) is 0 Å². The van der Waals surface area contributed by atoms with Crippen LogP contribution < -0.4 is 0 Å². The summed E-state index contributed by atoms with van der Waals surface area (Å²) in [5, 5.41) is 0. The van der Waals surface area contributed by atoms with Gasteiger partial charge in [-0.15, -0.1) is 215 Å². The second-order valence-corrected chi connectivity index (χ2v) is 19.0. The summed E-state index contributed by atoms with van der Waals surface area (Å²) in [4.78, 5) is 46.9. The number of benzene rings is 6. The van der Waals surface area contributed by atoms with Crippen LogP contribution in [0, 0.1) is 36.4 Å². The Balaban J connectivity index is 0.000000159. The largest absolute Gasteiger partial charge is 0.305 e. The minimum atomic E-state index is 0. The van der Waals surface area contributed by atoms with Gasteiger partial charge in [0.05, 0.1) is 17.6 Å². The molecule has 0 unspecified atom stereocenters. The van der Waals surface area contributed by atoms with E-state index in [4.69, 9.17) is 0 Å². The average Bonchev–Trinajstić information content (AvgIpc) is 1.56. The van der Waals surface area contributed by atoms with Crippen LogP contribution in [0.1, 0.15) is 0 Å². The zero-order chi connectivity index (χ0) is 61.3. The van der Waals surface area contributed by atoms with E-state index in [1.807, 2.05) is 255 Å². The van der Waals surface area contributed by atoms with Crippen LogP contribution in [0.5, 0.6) is 0 Å².